The zero-order valence-corrected chi connectivity index (χ0v) is 16.4. The van der Waals surface area contributed by atoms with E-state index in [1.54, 1.807) is 9.80 Å². The molecule has 2 aromatic carbocycles. The smallest absolute Gasteiger partial charge is 0.253 e. The molecule has 154 valence electrons. The molecule has 7 nitrogen and oxygen atoms in total. The molecule has 0 N–H and O–H groups in total. The van der Waals surface area contributed by atoms with E-state index < -0.39 is 0 Å². The van der Waals surface area contributed by atoms with E-state index in [0.717, 1.165) is 11.4 Å². The van der Waals surface area contributed by atoms with Crippen LogP contribution in [0.4, 0.5) is 11.4 Å². The molecule has 0 saturated carbocycles. The minimum atomic E-state index is -0.142. The van der Waals surface area contributed by atoms with Crippen LogP contribution < -0.4 is 9.80 Å². The summed E-state index contributed by atoms with van der Waals surface area (Å²) in [6, 6.07) is 18.9. The average molecular weight is 398 g/mol. The van der Waals surface area contributed by atoms with E-state index in [1.165, 1.54) is 0 Å². The Morgan fingerprint density at radius 2 is 0.966 bits per heavy atom. The predicted molar refractivity (Wildman–Crippen MR) is 110 cm³/mol. The maximum atomic E-state index is 12.6. The standard InChI is InChI=1S/C22H26N2O5/c25-21-17-28-15-16-29-18-22(26)24(20-9-5-2-6-10-20)12-14-27-13-11-23(21)19-7-3-1-4-8-19/h1-10H,11-18H2. The summed E-state index contributed by atoms with van der Waals surface area (Å²) in [5, 5.41) is 0. The van der Waals surface area contributed by atoms with Gasteiger partial charge in [0.05, 0.1) is 26.4 Å². The van der Waals surface area contributed by atoms with Gasteiger partial charge in [0, 0.05) is 24.5 Å². The lowest BCUT2D eigenvalue weighted by Gasteiger charge is -2.24. The van der Waals surface area contributed by atoms with Gasteiger partial charge < -0.3 is 24.0 Å². The molecule has 0 aromatic heterocycles. The van der Waals surface area contributed by atoms with E-state index in [4.69, 9.17) is 14.2 Å². The van der Waals surface area contributed by atoms with Gasteiger partial charge >= 0.3 is 0 Å². The topological polar surface area (TPSA) is 68.3 Å². The lowest BCUT2D eigenvalue weighted by atomic mass is 10.3. The maximum Gasteiger partial charge on any atom is 0.253 e. The van der Waals surface area contributed by atoms with E-state index in [1.807, 2.05) is 60.7 Å². The number of carbonyl (C=O) groups excluding carboxylic acids is 2. The highest BCUT2D eigenvalue weighted by Gasteiger charge is 2.18. The quantitative estimate of drug-likeness (QED) is 0.775. The van der Waals surface area contributed by atoms with Crippen LogP contribution in [0.3, 0.4) is 0 Å². The normalized spacial score (nSPS) is 18.2. The molecule has 0 bridgehead atoms. The number of amides is 2. The van der Waals surface area contributed by atoms with Gasteiger partial charge in [-0.25, -0.2) is 0 Å². The molecule has 3 rings (SSSR count). The molecule has 0 radical (unpaired) electrons. The first-order chi connectivity index (χ1) is 14.3. The van der Waals surface area contributed by atoms with Crippen molar-refractivity contribution in [3.05, 3.63) is 60.7 Å². The van der Waals surface area contributed by atoms with Gasteiger partial charge in [0.25, 0.3) is 11.8 Å². The fourth-order valence-electron chi connectivity index (χ4n) is 3.02. The summed E-state index contributed by atoms with van der Waals surface area (Å²) in [7, 11) is 0. The average Bonchev–Trinajstić information content (AvgIpc) is 2.76. The molecule has 0 atom stereocenters. The van der Waals surface area contributed by atoms with Crippen LogP contribution in [0.1, 0.15) is 0 Å². The zero-order valence-electron chi connectivity index (χ0n) is 16.4. The summed E-state index contributed by atoms with van der Waals surface area (Å²) in [6.07, 6.45) is 0. The van der Waals surface area contributed by atoms with Crippen LogP contribution in [-0.4, -0.2) is 64.5 Å². The maximum absolute atomic E-state index is 12.6. The second-order valence-electron chi connectivity index (χ2n) is 6.48. The van der Waals surface area contributed by atoms with Gasteiger partial charge in [0.2, 0.25) is 0 Å². The monoisotopic (exact) mass is 398 g/mol. The fourth-order valence-corrected chi connectivity index (χ4v) is 3.02. The molecular weight excluding hydrogens is 372 g/mol. The Kier molecular flexibility index (Phi) is 8.18. The van der Waals surface area contributed by atoms with Crippen LogP contribution in [0, 0.1) is 0 Å². The van der Waals surface area contributed by atoms with Crippen LogP contribution in [0.25, 0.3) is 0 Å². The highest BCUT2D eigenvalue weighted by Crippen LogP contribution is 2.15. The van der Waals surface area contributed by atoms with Crippen molar-refractivity contribution in [1.82, 2.24) is 0 Å². The number of carbonyl (C=O) groups is 2. The Bertz CT molecular complexity index is 704. The summed E-state index contributed by atoms with van der Waals surface area (Å²) >= 11 is 0. The van der Waals surface area contributed by atoms with Crippen LogP contribution in [-0.2, 0) is 23.8 Å². The molecule has 0 unspecified atom stereocenters. The van der Waals surface area contributed by atoms with E-state index >= 15 is 0 Å². The molecule has 0 spiro atoms. The number of anilines is 2. The molecule has 1 aliphatic heterocycles. The number of benzene rings is 2. The van der Waals surface area contributed by atoms with Gasteiger partial charge in [0.1, 0.15) is 13.2 Å². The molecule has 29 heavy (non-hydrogen) atoms. The third-order valence-electron chi connectivity index (χ3n) is 4.48. The minimum Gasteiger partial charge on any atom is -0.378 e. The Morgan fingerprint density at radius 1 is 0.552 bits per heavy atom. The van der Waals surface area contributed by atoms with Crippen molar-refractivity contribution in [3.8, 4) is 0 Å². The number of hydrogen-bond donors (Lipinski definition) is 0. The third kappa shape index (κ3) is 6.39. The number of hydrogen-bond acceptors (Lipinski definition) is 5. The van der Waals surface area contributed by atoms with Gasteiger partial charge in [-0.05, 0) is 24.3 Å². The van der Waals surface area contributed by atoms with Gasteiger partial charge in [-0.1, -0.05) is 36.4 Å². The van der Waals surface area contributed by atoms with Crippen molar-refractivity contribution in [2.24, 2.45) is 0 Å². The van der Waals surface area contributed by atoms with E-state index in [2.05, 4.69) is 0 Å². The van der Waals surface area contributed by atoms with Crippen molar-refractivity contribution < 1.29 is 23.8 Å². The first-order valence-corrected chi connectivity index (χ1v) is 9.70. The molecule has 2 aromatic rings. The summed E-state index contributed by atoms with van der Waals surface area (Å²) in [5.41, 5.74) is 1.60. The molecular formula is C22H26N2O5. The molecule has 0 aliphatic carbocycles. The van der Waals surface area contributed by atoms with Crippen molar-refractivity contribution in [3.63, 3.8) is 0 Å². The lowest BCUT2D eigenvalue weighted by molar-refractivity contribution is -0.126. The first kappa shape index (κ1) is 21.0. The highest BCUT2D eigenvalue weighted by molar-refractivity contribution is 5.94. The van der Waals surface area contributed by atoms with Crippen molar-refractivity contribution >= 4 is 23.2 Å². The zero-order chi connectivity index (χ0) is 20.3. The Balaban J connectivity index is 1.67. The van der Waals surface area contributed by atoms with Crippen LogP contribution in [0.15, 0.2) is 60.7 Å². The second-order valence-corrected chi connectivity index (χ2v) is 6.48. The Hall–Kier alpha value is -2.74. The predicted octanol–water partition coefficient (Wildman–Crippen LogP) is 2.12. The molecule has 2 amide bonds. The van der Waals surface area contributed by atoms with Crippen LogP contribution >= 0.6 is 0 Å². The van der Waals surface area contributed by atoms with Crippen molar-refractivity contribution in [2.45, 2.75) is 0 Å². The molecule has 1 saturated heterocycles. The number of nitrogens with zero attached hydrogens (tertiary/aromatic N) is 2. The van der Waals surface area contributed by atoms with Crippen molar-refractivity contribution in [2.75, 3.05) is 62.5 Å². The largest absolute Gasteiger partial charge is 0.378 e. The summed E-state index contributed by atoms with van der Waals surface area (Å²) < 4.78 is 16.6. The molecule has 1 fully saturated rings. The van der Waals surface area contributed by atoms with Gasteiger partial charge in [0.15, 0.2) is 0 Å². The summed E-state index contributed by atoms with van der Waals surface area (Å²) in [5.74, 6) is -0.284. The Labute approximate surface area is 170 Å². The number of para-hydroxylation sites is 2. The van der Waals surface area contributed by atoms with Crippen LogP contribution in [0.5, 0.6) is 0 Å². The molecule has 7 heteroatoms. The van der Waals surface area contributed by atoms with Crippen molar-refractivity contribution in [1.29, 1.82) is 0 Å². The second kappa shape index (κ2) is 11.3. The highest BCUT2D eigenvalue weighted by atomic mass is 16.5. The van der Waals surface area contributed by atoms with Gasteiger partial charge in [-0.3, -0.25) is 9.59 Å². The molecule has 1 heterocycles. The minimum absolute atomic E-state index is 0.0532. The van der Waals surface area contributed by atoms with E-state index in [0.29, 0.717) is 26.3 Å². The SMILES string of the molecule is O=C1COCCOCC(=O)N(c2ccccc2)CCOCCN1c1ccccc1. The first-order valence-electron chi connectivity index (χ1n) is 9.70. The lowest BCUT2D eigenvalue weighted by Crippen LogP contribution is -2.38. The fraction of sp³-hybridized carbons (Fsp3) is 0.364. The van der Waals surface area contributed by atoms with E-state index in [9.17, 15) is 9.59 Å². The van der Waals surface area contributed by atoms with E-state index in [-0.39, 0.29) is 38.2 Å². The van der Waals surface area contributed by atoms with Crippen LogP contribution in [0.2, 0.25) is 0 Å². The van der Waals surface area contributed by atoms with Gasteiger partial charge in [-0.15, -0.1) is 0 Å². The Morgan fingerprint density at radius 3 is 1.38 bits per heavy atom. The summed E-state index contributed by atoms with van der Waals surface area (Å²) in [4.78, 5) is 28.5. The number of rotatable bonds is 2. The molecule has 1 aliphatic rings. The third-order valence-corrected chi connectivity index (χ3v) is 4.48. The number of ether oxygens (including phenoxy) is 3. The van der Waals surface area contributed by atoms with Gasteiger partial charge in [-0.2, -0.15) is 0 Å². The summed E-state index contributed by atoms with van der Waals surface area (Å²) in [6.45, 7) is 1.89.